The molecule has 7 heteroatoms. The van der Waals surface area contributed by atoms with E-state index < -0.39 is 10.0 Å². The molecular weight excluding hydrogens is 344 g/mol. The van der Waals surface area contributed by atoms with Gasteiger partial charge in [-0.2, -0.15) is 0 Å². The Morgan fingerprint density at radius 1 is 1.45 bits per heavy atom. The van der Waals surface area contributed by atoms with Gasteiger partial charge in [-0.05, 0) is 46.9 Å². The SMILES string of the molecule is COc1ccc(Br)c(S(=O)(=O)NC2CNCCC2C)c1. The van der Waals surface area contributed by atoms with Crippen LogP contribution in [0, 0.1) is 5.92 Å². The Bertz CT molecular complexity index is 577. The lowest BCUT2D eigenvalue weighted by atomic mass is 9.96. The third-order valence-corrected chi connectivity index (χ3v) is 6.05. The number of piperidine rings is 1. The molecule has 5 nitrogen and oxygen atoms in total. The Morgan fingerprint density at radius 2 is 2.20 bits per heavy atom. The van der Waals surface area contributed by atoms with Crippen LogP contribution in [0.5, 0.6) is 5.75 Å². The summed E-state index contributed by atoms with van der Waals surface area (Å²) in [6, 6.07) is 4.82. The second-order valence-electron chi connectivity index (χ2n) is 4.99. The highest BCUT2D eigenvalue weighted by atomic mass is 79.9. The normalized spacial score (nSPS) is 23.6. The van der Waals surface area contributed by atoms with Gasteiger partial charge in [0, 0.05) is 23.1 Å². The van der Waals surface area contributed by atoms with Crippen molar-refractivity contribution >= 4 is 26.0 Å². The second kappa shape index (κ2) is 6.43. The summed E-state index contributed by atoms with van der Waals surface area (Å²) in [6.07, 6.45) is 0.965. The van der Waals surface area contributed by atoms with Crippen LogP contribution in [-0.2, 0) is 10.0 Å². The number of ether oxygens (including phenoxy) is 1. The lowest BCUT2D eigenvalue weighted by molar-refractivity contribution is 0.327. The van der Waals surface area contributed by atoms with Crippen LogP contribution in [0.1, 0.15) is 13.3 Å². The average molecular weight is 363 g/mol. The van der Waals surface area contributed by atoms with Crippen LogP contribution in [0.2, 0.25) is 0 Å². The van der Waals surface area contributed by atoms with E-state index in [9.17, 15) is 8.42 Å². The average Bonchev–Trinajstić information content (AvgIpc) is 2.41. The van der Waals surface area contributed by atoms with E-state index in [1.165, 1.54) is 13.2 Å². The first-order chi connectivity index (χ1) is 9.44. The standard InChI is InChI=1S/C13H19BrN2O3S/c1-9-5-6-15-8-12(9)16-20(17,18)13-7-10(19-2)3-4-11(13)14/h3-4,7,9,12,15-16H,5-6,8H2,1-2H3. The monoisotopic (exact) mass is 362 g/mol. The topological polar surface area (TPSA) is 67.4 Å². The van der Waals surface area contributed by atoms with E-state index in [2.05, 4.69) is 32.9 Å². The maximum absolute atomic E-state index is 12.5. The third-order valence-electron chi connectivity index (χ3n) is 3.56. The minimum atomic E-state index is -3.57. The molecule has 1 aliphatic rings. The minimum absolute atomic E-state index is 0.0909. The van der Waals surface area contributed by atoms with Crippen LogP contribution in [0.3, 0.4) is 0 Å². The Labute approximate surface area is 128 Å². The molecule has 0 aliphatic carbocycles. The molecular formula is C13H19BrN2O3S. The highest BCUT2D eigenvalue weighted by Gasteiger charge is 2.28. The van der Waals surface area contributed by atoms with Crippen LogP contribution in [0.15, 0.2) is 27.6 Å². The fraction of sp³-hybridized carbons (Fsp3) is 0.538. The van der Waals surface area contributed by atoms with Gasteiger partial charge < -0.3 is 10.1 Å². The summed E-state index contributed by atoms with van der Waals surface area (Å²) in [5, 5.41) is 3.21. The maximum atomic E-state index is 12.5. The van der Waals surface area contributed by atoms with Crippen molar-refractivity contribution in [1.82, 2.24) is 10.0 Å². The summed E-state index contributed by atoms with van der Waals surface area (Å²) >= 11 is 3.29. The number of sulfonamides is 1. The first-order valence-corrected chi connectivity index (χ1v) is 8.78. The number of nitrogens with one attached hydrogen (secondary N) is 2. The summed E-state index contributed by atoms with van der Waals surface area (Å²) in [5.41, 5.74) is 0. The second-order valence-corrected chi connectivity index (χ2v) is 7.53. The van der Waals surface area contributed by atoms with Crippen molar-refractivity contribution in [2.45, 2.75) is 24.3 Å². The van der Waals surface area contributed by atoms with Gasteiger partial charge in [-0.3, -0.25) is 0 Å². The zero-order chi connectivity index (χ0) is 14.8. The van der Waals surface area contributed by atoms with Crippen molar-refractivity contribution < 1.29 is 13.2 Å². The van der Waals surface area contributed by atoms with Gasteiger partial charge in [-0.25, -0.2) is 13.1 Å². The Morgan fingerprint density at radius 3 is 2.85 bits per heavy atom. The van der Waals surface area contributed by atoms with Gasteiger partial charge in [-0.15, -0.1) is 0 Å². The molecule has 2 N–H and O–H groups in total. The molecule has 1 aromatic carbocycles. The number of rotatable bonds is 4. The zero-order valence-electron chi connectivity index (χ0n) is 11.5. The van der Waals surface area contributed by atoms with Gasteiger partial charge >= 0.3 is 0 Å². The molecule has 1 aromatic rings. The molecule has 1 saturated heterocycles. The molecule has 0 saturated carbocycles. The molecule has 20 heavy (non-hydrogen) atoms. The molecule has 2 unspecified atom stereocenters. The van der Waals surface area contributed by atoms with E-state index in [4.69, 9.17) is 4.74 Å². The third kappa shape index (κ3) is 3.52. The van der Waals surface area contributed by atoms with E-state index in [-0.39, 0.29) is 10.9 Å². The molecule has 0 radical (unpaired) electrons. The van der Waals surface area contributed by atoms with Gasteiger partial charge in [0.2, 0.25) is 10.0 Å². The number of hydrogen-bond acceptors (Lipinski definition) is 4. The largest absolute Gasteiger partial charge is 0.497 e. The molecule has 2 rings (SSSR count). The predicted molar refractivity (Wildman–Crippen MR) is 81.5 cm³/mol. The van der Waals surface area contributed by atoms with Gasteiger partial charge in [0.25, 0.3) is 0 Å². The van der Waals surface area contributed by atoms with E-state index in [1.807, 2.05) is 0 Å². The number of halogens is 1. The van der Waals surface area contributed by atoms with Crippen LogP contribution in [0.25, 0.3) is 0 Å². The number of hydrogen-bond donors (Lipinski definition) is 2. The Kier molecular flexibility index (Phi) is 5.06. The molecule has 2 atom stereocenters. The van der Waals surface area contributed by atoms with Crippen LogP contribution < -0.4 is 14.8 Å². The predicted octanol–water partition coefficient (Wildman–Crippen LogP) is 1.73. The highest BCUT2D eigenvalue weighted by molar-refractivity contribution is 9.10. The molecule has 1 heterocycles. The molecule has 0 amide bonds. The Hall–Kier alpha value is -0.630. The molecule has 0 spiro atoms. The zero-order valence-corrected chi connectivity index (χ0v) is 13.9. The van der Waals surface area contributed by atoms with Gasteiger partial charge in [0.1, 0.15) is 5.75 Å². The maximum Gasteiger partial charge on any atom is 0.242 e. The van der Waals surface area contributed by atoms with Crippen LogP contribution in [0.4, 0.5) is 0 Å². The molecule has 1 aliphatic heterocycles. The van der Waals surface area contributed by atoms with Crippen molar-refractivity contribution in [1.29, 1.82) is 0 Å². The smallest absolute Gasteiger partial charge is 0.242 e. The van der Waals surface area contributed by atoms with E-state index in [0.29, 0.717) is 22.7 Å². The first-order valence-electron chi connectivity index (χ1n) is 6.50. The summed E-state index contributed by atoms with van der Waals surface area (Å²) in [4.78, 5) is 0.203. The van der Waals surface area contributed by atoms with Crippen molar-refractivity contribution in [3.63, 3.8) is 0 Å². The first kappa shape index (κ1) is 15.8. The minimum Gasteiger partial charge on any atom is -0.497 e. The summed E-state index contributed by atoms with van der Waals surface area (Å²) < 4.78 is 33.4. The van der Waals surface area contributed by atoms with Gasteiger partial charge in [0.05, 0.1) is 12.0 Å². The van der Waals surface area contributed by atoms with Crippen molar-refractivity contribution in [2.24, 2.45) is 5.92 Å². The van der Waals surface area contributed by atoms with Crippen LogP contribution in [-0.4, -0.2) is 34.7 Å². The molecule has 0 bridgehead atoms. The fourth-order valence-electron chi connectivity index (χ4n) is 2.23. The van der Waals surface area contributed by atoms with Crippen LogP contribution >= 0.6 is 15.9 Å². The quantitative estimate of drug-likeness (QED) is 0.855. The van der Waals surface area contributed by atoms with Gasteiger partial charge in [-0.1, -0.05) is 6.92 Å². The van der Waals surface area contributed by atoms with E-state index in [0.717, 1.165) is 13.0 Å². The Balaban J connectivity index is 2.25. The van der Waals surface area contributed by atoms with Gasteiger partial charge in [0.15, 0.2) is 0 Å². The number of methoxy groups -OCH3 is 1. The summed E-state index contributed by atoms with van der Waals surface area (Å²) in [7, 11) is -2.06. The number of benzene rings is 1. The lowest BCUT2D eigenvalue weighted by Crippen LogP contribution is -2.50. The summed E-state index contributed by atoms with van der Waals surface area (Å²) in [6.45, 7) is 3.65. The highest BCUT2D eigenvalue weighted by Crippen LogP contribution is 2.27. The molecule has 1 fully saturated rings. The molecule has 112 valence electrons. The van der Waals surface area contributed by atoms with Crippen molar-refractivity contribution in [2.75, 3.05) is 20.2 Å². The van der Waals surface area contributed by atoms with E-state index >= 15 is 0 Å². The fourth-order valence-corrected chi connectivity index (χ4v) is 4.55. The van der Waals surface area contributed by atoms with Crippen molar-refractivity contribution in [3.05, 3.63) is 22.7 Å². The molecule has 0 aromatic heterocycles. The summed E-state index contributed by atoms with van der Waals surface area (Å²) in [5.74, 6) is 0.832. The lowest BCUT2D eigenvalue weighted by Gasteiger charge is -2.30. The van der Waals surface area contributed by atoms with Crippen molar-refractivity contribution in [3.8, 4) is 5.75 Å². The van der Waals surface area contributed by atoms with E-state index in [1.54, 1.807) is 12.1 Å².